The van der Waals surface area contributed by atoms with E-state index in [9.17, 15) is 0 Å². The van der Waals surface area contributed by atoms with E-state index in [0.29, 0.717) is 10.9 Å². The first-order valence-electron chi connectivity index (χ1n) is 6.78. The Morgan fingerprint density at radius 1 is 1.50 bits per heavy atom. The van der Waals surface area contributed by atoms with E-state index in [0.717, 1.165) is 51.5 Å². The zero-order valence-corrected chi connectivity index (χ0v) is 12.0. The Morgan fingerprint density at radius 3 is 3.06 bits per heavy atom. The Kier molecular flexibility index (Phi) is 4.77. The van der Waals surface area contributed by atoms with E-state index in [1.165, 1.54) is 0 Å². The molecule has 1 aliphatic rings. The van der Waals surface area contributed by atoms with E-state index in [4.69, 9.17) is 17.0 Å². The van der Waals surface area contributed by atoms with Crippen molar-refractivity contribution in [2.75, 3.05) is 24.6 Å². The van der Waals surface area contributed by atoms with Gasteiger partial charge in [-0.2, -0.15) is 0 Å². The van der Waals surface area contributed by atoms with Gasteiger partial charge in [0, 0.05) is 26.2 Å². The van der Waals surface area contributed by atoms with Gasteiger partial charge in [-0.25, -0.2) is 5.10 Å². The number of aromatic nitrogens is 3. The maximum absolute atomic E-state index is 5.85. The van der Waals surface area contributed by atoms with Crippen LogP contribution in [0.1, 0.15) is 33.1 Å². The number of piperidine rings is 1. The Balaban J connectivity index is 2.06. The van der Waals surface area contributed by atoms with Crippen molar-refractivity contribution in [1.29, 1.82) is 0 Å². The number of hydrogen-bond donors (Lipinski definition) is 1. The van der Waals surface area contributed by atoms with Crippen LogP contribution < -0.4 is 4.90 Å². The molecule has 1 aromatic heterocycles. The number of hydrogen-bond acceptors (Lipinski definition) is 4. The SMILES string of the molecule is CCCOC1CCCN(c2n[nH]c(=S)n2CC)C1. The molecule has 1 N–H and O–H groups in total. The Morgan fingerprint density at radius 2 is 2.33 bits per heavy atom. The number of nitrogens with zero attached hydrogens (tertiary/aromatic N) is 3. The minimum atomic E-state index is 0.328. The van der Waals surface area contributed by atoms with Gasteiger partial charge in [-0.15, -0.1) is 5.10 Å². The summed E-state index contributed by atoms with van der Waals surface area (Å²) in [5, 5.41) is 7.22. The van der Waals surface area contributed by atoms with E-state index in [-0.39, 0.29) is 0 Å². The molecule has 0 saturated carbocycles. The summed E-state index contributed by atoms with van der Waals surface area (Å²) in [6.07, 6.45) is 3.70. The molecule has 102 valence electrons. The summed E-state index contributed by atoms with van der Waals surface area (Å²) in [6.45, 7) is 7.87. The van der Waals surface area contributed by atoms with Gasteiger partial charge in [0.05, 0.1) is 6.10 Å². The third-order valence-electron chi connectivity index (χ3n) is 3.27. The van der Waals surface area contributed by atoms with Crippen molar-refractivity contribution >= 4 is 18.2 Å². The first-order chi connectivity index (χ1) is 8.76. The largest absolute Gasteiger partial charge is 0.376 e. The maximum atomic E-state index is 5.85. The van der Waals surface area contributed by atoms with Gasteiger partial charge in [0.25, 0.3) is 0 Å². The fraction of sp³-hybridized carbons (Fsp3) is 0.833. The predicted molar refractivity (Wildman–Crippen MR) is 74.6 cm³/mol. The maximum Gasteiger partial charge on any atom is 0.225 e. The molecule has 1 aliphatic heterocycles. The van der Waals surface area contributed by atoms with Crippen LogP contribution in [0.15, 0.2) is 0 Å². The average Bonchev–Trinajstić information content (AvgIpc) is 2.77. The molecule has 0 aromatic carbocycles. The highest BCUT2D eigenvalue weighted by Gasteiger charge is 2.23. The first kappa shape index (κ1) is 13.5. The Hall–Kier alpha value is -0.880. The van der Waals surface area contributed by atoms with Crippen LogP contribution in [-0.4, -0.2) is 40.6 Å². The fourth-order valence-corrected chi connectivity index (χ4v) is 2.63. The van der Waals surface area contributed by atoms with Gasteiger partial charge in [0.2, 0.25) is 5.95 Å². The minimum Gasteiger partial charge on any atom is -0.376 e. The fourth-order valence-electron chi connectivity index (χ4n) is 2.38. The average molecular weight is 270 g/mol. The molecule has 0 amide bonds. The van der Waals surface area contributed by atoms with Gasteiger partial charge < -0.3 is 9.64 Å². The van der Waals surface area contributed by atoms with Crippen LogP contribution in [-0.2, 0) is 11.3 Å². The van der Waals surface area contributed by atoms with Crippen LogP contribution in [0.5, 0.6) is 0 Å². The van der Waals surface area contributed by atoms with Gasteiger partial charge in [0.15, 0.2) is 4.77 Å². The second-order valence-corrected chi connectivity index (χ2v) is 5.04. The van der Waals surface area contributed by atoms with Crippen molar-refractivity contribution in [3.63, 3.8) is 0 Å². The molecular weight excluding hydrogens is 248 g/mol. The first-order valence-corrected chi connectivity index (χ1v) is 7.18. The zero-order valence-electron chi connectivity index (χ0n) is 11.2. The lowest BCUT2D eigenvalue weighted by atomic mass is 10.1. The van der Waals surface area contributed by atoms with Crippen molar-refractivity contribution in [3.8, 4) is 0 Å². The highest BCUT2D eigenvalue weighted by molar-refractivity contribution is 7.71. The molecule has 1 fully saturated rings. The molecule has 1 unspecified atom stereocenters. The van der Waals surface area contributed by atoms with Gasteiger partial charge in [0.1, 0.15) is 0 Å². The molecular formula is C12H22N4OS. The Labute approximate surface area is 113 Å². The molecule has 5 nitrogen and oxygen atoms in total. The molecule has 1 atom stereocenters. The molecule has 6 heteroatoms. The number of aromatic amines is 1. The third-order valence-corrected chi connectivity index (χ3v) is 3.58. The van der Waals surface area contributed by atoms with Crippen LogP contribution >= 0.6 is 12.2 Å². The Bertz CT molecular complexity index is 428. The quantitative estimate of drug-likeness (QED) is 0.834. The van der Waals surface area contributed by atoms with Crippen molar-refractivity contribution in [1.82, 2.24) is 14.8 Å². The number of ether oxygens (including phenoxy) is 1. The monoisotopic (exact) mass is 270 g/mol. The number of H-pyrrole nitrogens is 1. The van der Waals surface area contributed by atoms with E-state index in [1.54, 1.807) is 0 Å². The molecule has 0 spiro atoms. The lowest BCUT2D eigenvalue weighted by Crippen LogP contribution is -2.41. The summed E-state index contributed by atoms with van der Waals surface area (Å²) in [5.74, 6) is 0.951. The van der Waals surface area contributed by atoms with Crippen LogP contribution in [0.3, 0.4) is 0 Å². The molecule has 1 saturated heterocycles. The van der Waals surface area contributed by atoms with Crippen molar-refractivity contribution < 1.29 is 4.74 Å². The summed E-state index contributed by atoms with van der Waals surface area (Å²) in [5.41, 5.74) is 0. The summed E-state index contributed by atoms with van der Waals surface area (Å²) >= 11 is 5.23. The third kappa shape index (κ3) is 2.92. The lowest BCUT2D eigenvalue weighted by molar-refractivity contribution is 0.0436. The highest BCUT2D eigenvalue weighted by atomic mass is 32.1. The second-order valence-electron chi connectivity index (χ2n) is 4.65. The van der Waals surface area contributed by atoms with E-state index < -0.39 is 0 Å². The molecule has 2 heterocycles. The molecule has 2 rings (SSSR count). The molecule has 1 aromatic rings. The number of nitrogens with one attached hydrogen (secondary N) is 1. The predicted octanol–water partition coefficient (Wildman–Crippen LogP) is 2.36. The summed E-state index contributed by atoms with van der Waals surface area (Å²) in [7, 11) is 0. The van der Waals surface area contributed by atoms with Gasteiger partial charge >= 0.3 is 0 Å². The molecule has 0 bridgehead atoms. The van der Waals surface area contributed by atoms with Crippen LogP contribution in [0.25, 0.3) is 0 Å². The van der Waals surface area contributed by atoms with Gasteiger partial charge in [-0.1, -0.05) is 6.92 Å². The minimum absolute atomic E-state index is 0.328. The topological polar surface area (TPSA) is 46.1 Å². The smallest absolute Gasteiger partial charge is 0.225 e. The van der Waals surface area contributed by atoms with Gasteiger partial charge in [-0.05, 0) is 38.4 Å². The summed E-state index contributed by atoms with van der Waals surface area (Å²) in [6, 6.07) is 0. The zero-order chi connectivity index (χ0) is 13.0. The number of rotatable bonds is 5. The van der Waals surface area contributed by atoms with Crippen molar-refractivity contribution in [3.05, 3.63) is 4.77 Å². The van der Waals surface area contributed by atoms with Crippen LogP contribution in [0, 0.1) is 4.77 Å². The normalized spacial score (nSPS) is 20.3. The van der Waals surface area contributed by atoms with Crippen LogP contribution in [0.2, 0.25) is 0 Å². The molecule has 0 radical (unpaired) electrons. The summed E-state index contributed by atoms with van der Waals surface area (Å²) < 4.78 is 8.59. The second kappa shape index (κ2) is 6.33. The summed E-state index contributed by atoms with van der Waals surface area (Å²) in [4.78, 5) is 2.28. The van der Waals surface area contributed by atoms with E-state index in [2.05, 4.69) is 28.9 Å². The van der Waals surface area contributed by atoms with Crippen molar-refractivity contribution in [2.24, 2.45) is 0 Å². The highest BCUT2D eigenvalue weighted by Crippen LogP contribution is 2.19. The number of anilines is 1. The van der Waals surface area contributed by atoms with Crippen LogP contribution in [0.4, 0.5) is 5.95 Å². The van der Waals surface area contributed by atoms with E-state index >= 15 is 0 Å². The van der Waals surface area contributed by atoms with Crippen molar-refractivity contribution in [2.45, 2.75) is 45.8 Å². The molecule has 0 aliphatic carbocycles. The van der Waals surface area contributed by atoms with E-state index in [1.807, 2.05) is 4.57 Å². The van der Waals surface area contributed by atoms with Gasteiger partial charge in [-0.3, -0.25) is 4.57 Å². The standard InChI is InChI=1S/C12H22N4OS/c1-3-8-17-10-6-5-7-15(9-10)11-13-14-12(18)16(11)4-2/h10H,3-9H2,1-2H3,(H,14,18). The lowest BCUT2D eigenvalue weighted by Gasteiger charge is -2.33. The molecule has 18 heavy (non-hydrogen) atoms.